The molecule has 0 amide bonds. The number of halogens is 1. The van der Waals surface area contributed by atoms with Gasteiger partial charge in [0.05, 0.1) is 0 Å². The molecule has 3 rings (SSSR count). The molecule has 22 heavy (non-hydrogen) atoms. The molecule has 0 aliphatic rings. The summed E-state index contributed by atoms with van der Waals surface area (Å²) in [4.78, 5) is 11.0. The van der Waals surface area contributed by atoms with E-state index >= 15 is 0 Å². The quantitative estimate of drug-likeness (QED) is 0.656. The number of carbonyl (C=O) groups is 1. The highest BCUT2D eigenvalue weighted by atomic mass is 19.1. The summed E-state index contributed by atoms with van der Waals surface area (Å²) in [6.07, 6.45) is 1.19. The molecule has 3 aromatic carbocycles. The zero-order valence-electron chi connectivity index (χ0n) is 12.0. The second-order valence-corrected chi connectivity index (χ2v) is 5.05. The van der Waals surface area contributed by atoms with Crippen molar-refractivity contribution in [1.82, 2.24) is 0 Å². The van der Waals surface area contributed by atoms with Crippen LogP contribution in [0.3, 0.4) is 0 Å². The highest BCUT2D eigenvalue weighted by molar-refractivity contribution is 5.89. The van der Waals surface area contributed by atoms with Gasteiger partial charge in [-0.3, -0.25) is 0 Å². The monoisotopic (exact) mass is 294 g/mol. The van der Waals surface area contributed by atoms with Crippen LogP contribution in [0.5, 0.6) is 5.75 Å². The first kappa shape index (κ1) is 14.3. The van der Waals surface area contributed by atoms with Crippen molar-refractivity contribution in [3.8, 4) is 5.75 Å². The maximum atomic E-state index is 12.9. The summed E-state index contributed by atoms with van der Waals surface area (Å²) in [5.41, 5.74) is 1.77. The van der Waals surface area contributed by atoms with E-state index in [0.29, 0.717) is 18.8 Å². The Labute approximate surface area is 128 Å². The van der Waals surface area contributed by atoms with Gasteiger partial charge in [0.25, 0.3) is 0 Å². The van der Waals surface area contributed by atoms with Gasteiger partial charge in [-0.15, -0.1) is 0 Å². The Balaban J connectivity index is 1.90. The third kappa shape index (κ3) is 2.98. The molecule has 3 aromatic rings. The van der Waals surface area contributed by atoms with Crippen LogP contribution in [0, 0.1) is 5.82 Å². The van der Waals surface area contributed by atoms with Gasteiger partial charge in [-0.2, -0.15) is 0 Å². The maximum absolute atomic E-state index is 12.9. The minimum absolute atomic E-state index is 0.268. The van der Waals surface area contributed by atoms with Crippen LogP contribution < -0.4 is 4.74 Å². The molecule has 0 aliphatic heterocycles. The number of fused-ring (bicyclic) bond motifs is 1. The van der Waals surface area contributed by atoms with Gasteiger partial charge in [-0.1, -0.05) is 42.5 Å². The standard InChI is InChI=1S/C19H15FO2/c20-16-8-5-14(6-9-16)13-22-19-10-7-15-3-1-2-4-17(15)18(19)11-12-21/h1-10,12H,11,13H2. The molecule has 0 spiro atoms. The van der Waals surface area contributed by atoms with E-state index in [1.165, 1.54) is 12.1 Å². The second-order valence-electron chi connectivity index (χ2n) is 5.05. The number of benzene rings is 3. The number of hydrogen-bond donors (Lipinski definition) is 0. The van der Waals surface area contributed by atoms with Crippen LogP contribution >= 0.6 is 0 Å². The SMILES string of the molecule is O=CCc1c(OCc2ccc(F)cc2)ccc2ccccc12. The molecule has 0 saturated carbocycles. The molecular formula is C19H15FO2. The minimum Gasteiger partial charge on any atom is -0.489 e. The van der Waals surface area contributed by atoms with Crippen molar-refractivity contribution in [2.75, 3.05) is 0 Å². The minimum atomic E-state index is -0.268. The molecule has 0 heterocycles. The third-order valence-electron chi connectivity index (χ3n) is 3.59. The first-order chi connectivity index (χ1) is 10.8. The van der Waals surface area contributed by atoms with E-state index in [-0.39, 0.29) is 5.82 Å². The van der Waals surface area contributed by atoms with Crippen molar-refractivity contribution in [3.63, 3.8) is 0 Å². The van der Waals surface area contributed by atoms with Gasteiger partial charge in [0.2, 0.25) is 0 Å². The molecule has 0 atom stereocenters. The average molecular weight is 294 g/mol. The largest absolute Gasteiger partial charge is 0.489 e. The van der Waals surface area contributed by atoms with E-state index in [2.05, 4.69) is 0 Å². The van der Waals surface area contributed by atoms with Crippen molar-refractivity contribution < 1.29 is 13.9 Å². The molecular weight excluding hydrogens is 279 g/mol. The van der Waals surface area contributed by atoms with Crippen LogP contribution in [0.15, 0.2) is 60.7 Å². The lowest BCUT2D eigenvalue weighted by Crippen LogP contribution is -2.00. The van der Waals surface area contributed by atoms with Crippen LogP contribution in [-0.2, 0) is 17.8 Å². The molecule has 0 saturated heterocycles. The van der Waals surface area contributed by atoms with Crippen molar-refractivity contribution in [2.24, 2.45) is 0 Å². The topological polar surface area (TPSA) is 26.3 Å². The third-order valence-corrected chi connectivity index (χ3v) is 3.59. The first-order valence-electron chi connectivity index (χ1n) is 7.09. The Morgan fingerprint density at radius 1 is 0.955 bits per heavy atom. The highest BCUT2D eigenvalue weighted by Gasteiger charge is 2.08. The maximum Gasteiger partial charge on any atom is 0.124 e. The summed E-state index contributed by atoms with van der Waals surface area (Å²) in [7, 11) is 0. The Hall–Kier alpha value is -2.68. The summed E-state index contributed by atoms with van der Waals surface area (Å²) in [5, 5.41) is 2.10. The van der Waals surface area contributed by atoms with Gasteiger partial charge in [0.15, 0.2) is 0 Å². The smallest absolute Gasteiger partial charge is 0.124 e. The van der Waals surface area contributed by atoms with E-state index in [1.807, 2.05) is 36.4 Å². The predicted octanol–water partition coefficient (Wildman–Crippen LogP) is 4.30. The lowest BCUT2D eigenvalue weighted by molar-refractivity contribution is -0.107. The van der Waals surface area contributed by atoms with E-state index < -0.39 is 0 Å². The van der Waals surface area contributed by atoms with E-state index in [9.17, 15) is 9.18 Å². The van der Waals surface area contributed by atoms with E-state index in [4.69, 9.17) is 4.74 Å². The number of carbonyl (C=O) groups excluding carboxylic acids is 1. The van der Waals surface area contributed by atoms with Crippen molar-refractivity contribution in [2.45, 2.75) is 13.0 Å². The zero-order valence-corrected chi connectivity index (χ0v) is 12.0. The van der Waals surface area contributed by atoms with E-state index in [1.54, 1.807) is 12.1 Å². The van der Waals surface area contributed by atoms with Crippen molar-refractivity contribution in [1.29, 1.82) is 0 Å². The fourth-order valence-electron chi connectivity index (χ4n) is 2.49. The number of rotatable bonds is 5. The summed E-state index contributed by atoms with van der Waals surface area (Å²) in [5.74, 6) is 0.422. The molecule has 110 valence electrons. The van der Waals surface area contributed by atoms with Crippen molar-refractivity contribution >= 4 is 17.1 Å². The fourth-order valence-corrected chi connectivity index (χ4v) is 2.49. The highest BCUT2D eigenvalue weighted by Crippen LogP contribution is 2.28. The van der Waals surface area contributed by atoms with Crippen LogP contribution in [0.4, 0.5) is 4.39 Å². The van der Waals surface area contributed by atoms with Gasteiger partial charge in [0, 0.05) is 12.0 Å². The molecule has 0 aliphatic carbocycles. The zero-order chi connectivity index (χ0) is 15.4. The van der Waals surface area contributed by atoms with Crippen LogP contribution in [-0.4, -0.2) is 6.29 Å². The van der Waals surface area contributed by atoms with Gasteiger partial charge in [0.1, 0.15) is 24.5 Å². The van der Waals surface area contributed by atoms with E-state index in [0.717, 1.165) is 28.2 Å². The number of ether oxygens (including phenoxy) is 1. The van der Waals surface area contributed by atoms with Crippen molar-refractivity contribution in [3.05, 3.63) is 77.6 Å². The van der Waals surface area contributed by atoms with Gasteiger partial charge < -0.3 is 9.53 Å². The van der Waals surface area contributed by atoms with Crippen LogP contribution in [0.2, 0.25) is 0 Å². The summed E-state index contributed by atoms with van der Waals surface area (Å²) in [6, 6.07) is 18.0. The Morgan fingerprint density at radius 3 is 2.50 bits per heavy atom. The Bertz CT molecular complexity index is 794. The van der Waals surface area contributed by atoms with Gasteiger partial charge >= 0.3 is 0 Å². The molecule has 0 bridgehead atoms. The summed E-state index contributed by atoms with van der Waals surface area (Å²) in [6.45, 7) is 0.338. The summed E-state index contributed by atoms with van der Waals surface area (Å²) >= 11 is 0. The fraction of sp³-hybridized carbons (Fsp3) is 0.105. The molecule has 3 heteroatoms. The van der Waals surface area contributed by atoms with Gasteiger partial charge in [-0.25, -0.2) is 4.39 Å². The van der Waals surface area contributed by atoms with Gasteiger partial charge in [-0.05, 0) is 34.5 Å². The number of aldehydes is 1. The first-order valence-corrected chi connectivity index (χ1v) is 7.09. The second kappa shape index (κ2) is 6.39. The number of hydrogen-bond acceptors (Lipinski definition) is 2. The molecule has 0 radical (unpaired) electrons. The molecule has 0 unspecified atom stereocenters. The average Bonchev–Trinajstić information content (AvgIpc) is 2.56. The van der Waals surface area contributed by atoms with Crippen LogP contribution in [0.25, 0.3) is 10.8 Å². The Kier molecular flexibility index (Phi) is 4.15. The molecule has 0 fully saturated rings. The normalized spacial score (nSPS) is 10.6. The lowest BCUT2D eigenvalue weighted by Gasteiger charge is -2.13. The molecule has 0 aromatic heterocycles. The Morgan fingerprint density at radius 2 is 1.73 bits per heavy atom. The predicted molar refractivity (Wildman–Crippen MR) is 84.4 cm³/mol. The lowest BCUT2D eigenvalue weighted by atomic mass is 10.0. The summed E-state index contributed by atoms with van der Waals surface area (Å²) < 4.78 is 18.8. The molecule has 0 N–H and O–H groups in total. The molecule has 2 nitrogen and oxygen atoms in total. The van der Waals surface area contributed by atoms with Crippen LogP contribution in [0.1, 0.15) is 11.1 Å².